The summed E-state index contributed by atoms with van der Waals surface area (Å²) < 4.78 is 19.3. The second-order valence-electron chi connectivity index (χ2n) is 5.68. The zero-order valence-electron chi connectivity index (χ0n) is 12.7. The van der Waals surface area contributed by atoms with Gasteiger partial charge >= 0.3 is 0 Å². The molecular weight excluding hydrogens is 265 g/mol. The van der Waals surface area contributed by atoms with Crippen LogP contribution in [0.3, 0.4) is 0 Å². The van der Waals surface area contributed by atoms with Gasteiger partial charge in [-0.15, -0.1) is 0 Å². The number of rotatable bonds is 5. The Morgan fingerprint density at radius 3 is 2.14 bits per heavy atom. The van der Waals surface area contributed by atoms with Crippen molar-refractivity contribution < 1.29 is 9.13 Å². The van der Waals surface area contributed by atoms with E-state index in [0.29, 0.717) is 5.92 Å². The molecule has 0 aliphatic rings. The summed E-state index contributed by atoms with van der Waals surface area (Å²) in [5.41, 5.74) is 8.00. The monoisotopic (exact) mass is 287 g/mol. The minimum absolute atomic E-state index is 0.239. The summed E-state index contributed by atoms with van der Waals surface area (Å²) in [6, 6.07) is 14.1. The van der Waals surface area contributed by atoms with E-state index in [1.807, 2.05) is 37.3 Å². The lowest BCUT2D eigenvalue weighted by Crippen LogP contribution is -2.29. The van der Waals surface area contributed by atoms with Crippen molar-refractivity contribution in [3.05, 3.63) is 65.5 Å². The zero-order valence-corrected chi connectivity index (χ0v) is 12.7. The molecule has 2 aromatic rings. The summed E-state index contributed by atoms with van der Waals surface area (Å²) in [5.74, 6) is 0.939. The van der Waals surface area contributed by atoms with Gasteiger partial charge in [0.1, 0.15) is 17.7 Å². The second kappa shape index (κ2) is 6.72. The maximum absolute atomic E-state index is 13.4. The summed E-state index contributed by atoms with van der Waals surface area (Å²) >= 11 is 0. The van der Waals surface area contributed by atoms with Crippen molar-refractivity contribution in [2.45, 2.75) is 38.8 Å². The topological polar surface area (TPSA) is 35.2 Å². The fraction of sp³-hybridized carbons (Fsp3) is 0.333. The van der Waals surface area contributed by atoms with E-state index in [-0.39, 0.29) is 18.0 Å². The van der Waals surface area contributed by atoms with Crippen molar-refractivity contribution in [1.82, 2.24) is 0 Å². The van der Waals surface area contributed by atoms with E-state index in [9.17, 15) is 4.39 Å². The molecule has 2 N–H and O–H groups in total. The molecule has 0 amide bonds. The molecular formula is C18H22FNO. The Bertz CT molecular complexity index is 578. The van der Waals surface area contributed by atoms with Crippen molar-refractivity contribution >= 4 is 0 Å². The molecule has 112 valence electrons. The number of hydrogen-bond acceptors (Lipinski definition) is 2. The van der Waals surface area contributed by atoms with Crippen molar-refractivity contribution in [1.29, 1.82) is 0 Å². The van der Waals surface area contributed by atoms with Crippen LogP contribution in [0, 0.1) is 5.82 Å². The summed E-state index contributed by atoms with van der Waals surface area (Å²) in [7, 11) is 0. The van der Waals surface area contributed by atoms with Crippen LogP contribution >= 0.6 is 0 Å². The molecule has 0 bridgehead atoms. The molecule has 0 fully saturated rings. The van der Waals surface area contributed by atoms with Crippen LogP contribution < -0.4 is 10.5 Å². The predicted molar refractivity (Wildman–Crippen MR) is 83.9 cm³/mol. The van der Waals surface area contributed by atoms with Crippen LogP contribution in [-0.4, -0.2) is 6.04 Å². The lowest BCUT2D eigenvalue weighted by molar-refractivity contribution is 0.180. The van der Waals surface area contributed by atoms with Gasteiger partial charge in [-0.1, -0.05) is 38.1 Å². The summed E-state index contributed by atoms with van der Waals surface area (Å²) in [6.45, 7) is 6.15. The molecule has 2 nitrogen and oxygen atoms in total. The maximum Gasteiger partial charge on any atom is 0.139 e. The largest absolute Gasteiger partial charge is 0.484 e. The number of halogens is 1. The second-order valence-corrected chi connectivity index (χ2v) is 5.68. The molecule has 2 unspecified atom stereocenters. The van der Waals surface area contributed by atoms with Gasteiger partial charge in [-0.05, 0) is 48.2 Å². The first kappa shape index (κ1) is 15.5. The Morgan fingerprint density at radius 1 is 0.952 bits per heavy atom. The molecule has 0 aromatic heterocycles. The van der Waals surface area contributed by atoms with Gasteiger partial charge in [0.25, 0.3) is 0 Å². The fourth-order valence-corrected chi connectivity index (χ4v) is 2.24. The number of ether oxygens (including phenoxy) is 1. The molecule has 21 heavy (non-hydrogen) atoms. The quantitative estimate of drug-likeness (QED) is 0.883. The fourth-order valence-electron chi connectivity index (χ4n) is 2.24. The van der Waals surface area contributed by atoms with Crippen LogP contribution in [0.25, 0.3) is 0 Å². The average Bonchev–Trinajstić information content (AvgIpc) is 2.45. The molecule has 2 aromatic carbocycles. The molecule has 0 aliphatic carbocycles. The van der Waals surface area contributed by atoms with Crippen LogP contribution in [0.4, 0.5) is 4.39 Å². The van der Waals surface area contributed by atoms with E-state index in [0.717, 1.165) is 11.3 Å². The van der Waals surface area contributed by atoms with Crippen molar-refractivity contribution in [2.24, 2.45) is 5.73 Å². The van der Waals surface area contributed by atoms with Crippen LogP contribution in [-0.2, 0) is 0 Å². The lowest BCUT2D eigenvalue weighted by atomic mass is 10.0. The van der Waals surface area contributed by atoms with E-state index in [4.69, 9.17) is 10.5 Å². The average molecular weight is 287 g/mol. The molecule has 3 heteroatoms. The molecule has 0 heterocycles. The zero-order chi connectivity index (χ0) is 15.4. The summed E-state index contributed by atoms with van der Waals surface area (Å²) in [5, 5.41) is 0. The van der Waals surface area contributed by atoms with Gasteiger partial charge in [-0.2, -0.15) is 0 Å². The predicted octanol–water partition coefficient (Wildman–Crippen LogP) is 4.42. The normalized spacial score (nSPS) is 14.0. The van der Waals surface area contributed by atoms with Gasteiger partial charge in [0.2, 0.25) is 0 Å². The van der Waals surface area contributed by atoms with Crippen LogP contribution in [0.1, 0.15) is 43.9 Å². The Kier molecular flexibility index (Phi) is 4.97. The smallest absolute Gasteiger partial charge is 0.139 e. The number of nitrogens with two attached hydrogens (primary N) is 1. The van der Waals surface area contributed by atoms with Gasteiger partial charge in [-0.25, -0.2) is 4.39 Å². The Balaban J connectivity index is 2.20. The standard InChI is InChI=1S/C18H22FNO/c1-12(2)14-7-9-17(10-8-14)21-18(13(3)20)15-5-4-6-16(19)11-15/h4-13,18H,20H2,1-3H3. The highest BCUT2D eigenvalue weighted by molar-refractivity contribution is 5.30. The highest BCUT2D eigenvalue weighted by atomic mass is 19.1. The van der Waals surface area contributed by atoms with Crippen LogP contribution in [0.5, 0.6) is 5.75 Å². The lowest BCUT2D eigenvalue weighted by Gasteiger charge is -2.23. The van der Waals surface area contributed by atoms with E-state index in [1.165, 1.54) is 17.7 Å². The Morgan fingerprint density at radius 2 is 1.62 bits per heavy atom. The summed E-state index contributed by atoms with van der Waals surface area (Å²) in [4.78, 5) is 0. The van der Waals surface area contributed by atoms with Crippen molar-refractivity contribution in [2.75, 3.05) is 0 Å². The first-order valence-electron chi connectivity index (χ1n) is 7.25. The van der Waals surface area contributed by atoms with E-state index >= 15 is 0 Å². The Hall–Kier alpha value is -1.87. The van der Waals surface area contributed by atoms with Crippen LogP contribution in [0.2, 0.25) is 0 Å². The van der Waals surface area contributed by atoms with Crippen LogP contribution in [0.15, 0.2) is 48.5 Å². The van der Waals surface area contributed by atoms with Gasteiger partial charge in [0.05, 0.1) is 0 Å². The Labute approximate surface area is 125 Å². The molecule has 2 atom stereocenters. The first-order chi connectivity index (χ1) is 9.97. The molecule has 0 saturated heterocycles. The minimum atomic E-state index is -0.370. The third-order valence-electron chi connectivity index (χ3n) is 3.46. The number of benzene rings is 2. The first-order valence-corrected chi connectivity index (χ1v) is 7.25. The van der Waals surface area contributed by atoms with Gasteiger partial charge in [0, 0.05) is 6.04 Å². The van der Waals surface area contributed by atoms with Gasteiger partial charge in [-0.3, -0.25) is 0 Å². The highest BCUT2D eigenvalue weighted by Gasteiger charge is 2.18. The molecule has 0 aliphatic heterocycles. The maximum atomic E-state index is 13.4. The molecule has 0 radical (unpaired) electrons. The van der Waals surface area contributed by atoms with Crippen molar-refractivity contribution in [3.63, 3.8) is 0 Å². The third kappa shape index (κ3) is 4.05. The van der Waals surface area contributed by atoms with E-state index in [1.54, 1.807) is 6.07 Å². The number of hydrogen-bond donors (Lipinski definition) is 1. The van der Waals surface area contributed by atoms with E-state index in [2.05, 4.69) is 13.8 Å². The minimum Gasteiger partial charge on any atom is -0.484 e. The van der Waals surface area contributed by atoms with Crippen molar-refractivity contribution in [3.8, 4) is 5.75 Å². The SMILES string of the molecule is CC(C)c1ccc(OC(c2cccc(F)c2)C(C)N)cc1. The van der Waals surface area contributed by atoms with Gasteiger partial charge in [0.15, 0.2) is 0 Å². The van der Waals surface area contributed by atoms with Gasteiger partial charge < -0.3 is 10.5 Å². The molecule has 0 saturated carbocycles. The molecule has 2 rings (SSSR count). The molecule has 0 spiro atoms. The summed E-state index contributed by atoms with van der Waals surface area (Å²) in [6.07, 6.45) is -0.370. The third-order valence-corrected chi connectivity index (χ3v) is 3.46. The highest BCUT2D eigenvalue weighted by Crippen LogP contribution is 2.26. The van der Waals surface area contributed by atoms with E-state index < -0.39 is 0 Å².